The molecule has 24 heavy (non-hydrogen) atoms. The van der Waals surface area contributed by atoms with E-state index in [1.165, 1.54) is 0 Å². The Morgan fingerprint density at radius 3 is 2.75 bits per heavy atom. The van der Waals surface area contributed by atoms with Crippen molar-refractivity contribution in [2.45, 2.75) is 17.4 Å². The Kier molecular flexibility index (Phi) is 3.38. The second-order valence-electron chi connectivity index (χ2n) is 5.79. The van der Waals surface area contributed by atoms with E-state index in [9.17, 15) is 13.2 Å². The van der Waals surface area contributed by atoms with Gasteiger partial charge in [-0.3, -0.25) is 9.89 Å². The van der Waals surface area contributed by atoms with Gasteiger partial charge in [-0.15, -0.1) is 0 Å². The maximum absolute atomic E-state index is 12.6. The van der Waals surface area contributed by atoms with Crippen LogP contribution in [0.1, 0.15) is 28.5 Å². The summed E-state index contributed by atoms with van der Waals surface area (Å²) < 4.78 is 24.4. The summed E-state index contributed by atoms with van der Waals surface area (Å²) in [7, 11) is -3.27. The zero-order chi connectivity index (χ0) is 16.7. The Bertz CT molecular complexity index is 1040. The molecule has 0 radical (unpaired) electrons. The second-order valence-corrected chi connectivity index (χ2v) is 7.87. The lowest BCUT2D eigenvalue weighted by atomic mass is 10.0. The number of benzene rings is 2. The van der Waals surface area contributed by atoms with Crippen molar-refractivity contribution in [3.63, 3.8) is 0 Å². The molecule has 0 spiro atoms. The number of nitrogens with one attached hydrogen (secondary N) is 2. The summed E-state index contributed by atoms with van der Waals surface area (Å²) in [5, 5.41) is 10.6. The van der Waals surface area contributed by atoms with E-state index in [2.05, 4.69) is 15.5 Å². The first kappa shape index (κ1) is 14.9. The molecule has 0 aliphatic carbocycles. The molecule has 0 bridgehead atoms. The first-order valence-corrected chi connectivity index (χ1v) is 9.27. The maximum atomic E-state index is 12.6. The lowest BCUT2D eigenvalue weighted by Gasteiger charge is -2.26. The van der Waals surface area contributed by atoms with Gasteiger partial charge in [0, 0.05) is 5.39 Å². The van der Waals surface area contributed by atoms with E-state index in [0.29, 0.717) is 22.6 Å². The maximum Gasteiger partial charge on any atom is 0.272 e. The van der Waals surface area contributed by atoms with Gasteiger partial charge in [0.05, 0.1) is 22.2 Å². The van der Waals surface area contributed by atoms with Crippen LogP contribution in [0, 0.1) is 0 Å². The van der Waals surface area contributed by atoms with Gasteiger partial charge in [0.15, 0.2) is 15.5 Å². The van der Waals surface area contributed by atoms with Gasteiger partial charge < -0.3 is 5.32 Å². The molecule has 1 amide bonds. The number of amides is 1. The Morgan fingerprint density at radius 1 is 1.12 bits per heavy atom. The molecule has 0 saturated heterocycles. The van der Waals surface area contributed by atoms with E-state index in [0.717, 1.165) is 10.9 Å². The highest BCUT2D eigenvalue weighted by molar-refractivity contribution is 7.91. The molecular formula is C17H15N3O3S. The Morgan fingerprint density at radius 2 is 1.88 bits per heavy atom. The van der Waals surface area contributed by atoms with Crippen LogP contribution in [0.5, 0.6) is 0 Å². The number of H-pyrrole nitrogens is 1. The standard InChI is InChI=1S/C17H15N3O3S/c21-17(16-12-6-1-3-7-14(12)19-20-16)18-13-9-10-24(22,23)15-8-4-2-5-11(13)15/h1-8,13H,9-10H2,(H,18,21)(H,19,20)/t13-/m0/s1. The molecule has 1 aromatic heterocycles. The third-order valence-electron chi connectivity index (χ3n) is 4.30. The third kappa shape index (κ3) is 2.37. The summed E-state index contributed by atoms with van der Waals surface area (Å²) in [4.78, 5) is 12.9. The summed E-state index contributed by atoms with van der Waals surface area (Å²) in [6.07, 6.45) is 0.355. The summed E-state index contributed by atoms with van der Waals surface area (Å²) in [5.74, 6) is -0.289. The number of nitrogens with zero attached hydrogens (tertiary/aromatic N) is 1. The predicted octanol–water partition coefficient (Wildman–Crippen LogP) is 2.21. The molecule has 2 aromatic carbocycles. The van der Waals surface area contributed by atoms with Gasteiger partial charge in [-0.25, -0.2) is 8.42 Å². The summed E-state index contributed by atoms with van der Waals surface area (Å²) in [6, 6.07) is 13.9. The Balaban J connectivity index is 1.68. The zero-order valence-electron chi connectivity index (χ0n) is 12.7. The van der Waals surface area contributed by atoms with E-state index < -0.39 is 9.84 Å². The fourth-order valence-corrected chi connectivity index (χ4v) is 4.72. The minimum atomic E-state index is -3.27. The van der Waals surface area contributed by atoms with Crippen molar-refractivity contribution < 1.29 is 13.2 Å². The number of aromatic nitrogens is 2. The molecule has 1 aliphatic rings. The SMILES string of the molecule is O=C(N[C@H]1CCS(=O)(=O)c2ccccc21)c1n[nH]c2ccccc12. The molecule has 2 heterocycles. The summed E-state index contributed by atoms with van der Waals surface area (Å²) in [6.45, 7) is 0. The molecule has 7 heteroatoms. The number of aromatic amines is 1. The Labute approximate surface area is 138 Å². The zero-order valence-corrected chi connectivity index (χ0v) is 13.5. The van der Waals surface area contributed by atoms with Crippen LogP contribution in [0.2, 0.25) is 0 Å². The molecule has 2 N–H and O–H groups in total. The topological polar surface area (TPSA) is 91.9 Å². The average molecular weight is 341 g/mol. The molecule has 3 aromatic rings. The Hall–Kier alpha value is -2.67. The molecule has 6 nitrogen and oxygen atoms in total. The number of para-hydroxylation sites is 1. The van der Waals surface area contributed by atoms with Crippen molar-refractivity contribution in [1.29, 1.82) is 0 Å². The minimum absolute atomic E-state index is 0.0241. The van der Waals surface area contributed by atoms with Crippen LogP contribution < -0.4 is 5.32 Å². The molecule has 1 atom stereocenters. The van der Waals surface area contributed by atoms with Gasteiger partial charge in [-0.1, -0.05) is 36.4 Å². The van der Waals surface area contributed by atoms with Crippen LogP contribution in [0.25, 0.3) is 10.9 Å². The fraction of sp³-hybridized carbons (Fsp3) is 0.176. The largest absolute Gasteiger partial charge is 0.344 e. The van der Waals surface area contributed by atoms with Crippen molar-refractivity contribution in [2.24, 2.45) is 0 Å². The molecule has 122 valence electrons. The fourth-order valence-electron chi connectivity index (χ4n) is 3.10. The van der Waals surface area contributed by atoms with Crippen molar-refractivity contribution in [2.75, 3.05) is 5.75 Å². The number of hydrogen-bond donors (Lipinski definition) is 2. The van der Waals surface area contributed by atoms with E-state index in [1.54, 1.807) is 24.3 Å². The molecule has 0 fully saturated rings. The van der Waals surface area contributed by atoms with Gasteiger partial charge in [0.25, 0.3) is 5.91 Å². The molecule has 1 aliphatic heterocycles. The van der Waals surface area contributed by atoms with E-state index in [4.69, 9.17) is 0 Å². The van der Waals surface area contributed by atoms with E-state index >= 15 is 0 Å². The van der Waals surface area contributed by atoms with E-state index in [1.807, 2.05) is 24.3 Å². The highest BCUT2D eigenvalue weighted by Crippen LogP contribution is 2.32. The van der Waals surface area contributed by atoms with E-state index in [-0.39, 0.29) is 17.7 Å². The van der Waals surface area contributed by atoms with Gasteiger partial charge in [0.1, 0.15) is 0 Å². The van der Waals surface area contributed by atoms with Crippen molar-refractivity contribution in [3.8, 4) is 0 Å². The first-order chi connectivity index (χ1) is 11.6. The monoisotopic (exact) mass is 341 g/mol. The number of fused-ring (bicyclic) bond motifs is 2. The van der Waals surface area contributed by atoms with Crippen LogP contribution in [0.4, 0.5) is 0 Å². The highest BCUT2D eigenvalue weighted by atomic mass is 32.2. The minimum Gasteiger partial charge on any atom is -0.344 e. The quantitative estimate of drug-likeness (QED) is 0.747. The molecule has 0 saturated carbocycles. The number of rotatable bonds is 2. The van der Waals surface area contributed by atoms with Gasteiger partial charge >= 0.3 is 0 Å². The lowest BCUT2D eigenvalue weighted by Crippen LogP contribution is -2.34. The van der Waals surface area contributed by atoms with Crippen molar-refractivity contribution in [3.05, 3.63) is 59.8 Å². The second kappa shape index (κ2) is 5.45. The highest BCUT2D eigenvalue weighted by Gasteiger charge is 2.31. The van der Waals surface area contributed by atoms with Crippen LogP contribution in [-0.2, 0) is 9.84 Å². The molecule has 0 unspecified atom stereocenters. The number of carbonyl (C=O) groups excluding carboxylic acids is 1. The predicted molar refractivity (Wildman–Crippen MR) is 89.4 cm³/mol. The third-order valence-corrected chi connectivity index (χ3v) is 6.11. The van der Waals surface area contributed by atoms with Gasteiger partial charge in [0.2, 0.25) is 0 Å². The van der Waals surface area contributed by atoms with Crippen molar-refractivity contribution in [1.82, 2.24) is 15.5 Å². The number of sulfone groups is 1. The van der Waals surface area contributed by atoms with Crippen LogP contribution in [0.15, 0.2) is 53.4 Å². The molecule has 4 rings (SSSR count). The number of carbonyl (C=O) groups is 1. The van der Waals surface area contributed by atoms with Gasteiger partial charge in [-0.2, -0.15) is 5.10 Å². The first-order valence-electron chi connectivity index (χ1n) is 7.62. The van der Waals surface area contributed by atoms with Crippen molar-refractivity contribution >= 4 is 26.6 Å². The summed E-state index contributed by atoms with van der Waals surface area (Å²) in [5.41, 5.74) is 1.74. The van der Waals surface area contributed by atoms with Crippen LogP contribution >= 0.6 is 0 Å². The van der Waals surface area contributed by atoms with Crippen LogP contribution in [-0.4, -0.2) is 30.3 Å². The summed E-state index contributed by atoms with van der Waals surface area (Å²) >= 11 is 0. The van der Waals surface area contributed by atoms with Gasteiger partial charge in [-0.05, 0) is 24.1 Å². The number of hydrogen-bond acceptors (Lipinski definition) is 4. The smallest absolute Gasteiger partial charge is 0.272 e. The average Bonchev–Trinajstić information content (AvgIpc) is 3.02. The lowest BCUT2D eigenvalue weighted by molar-refractivity contribution is 0.0931. The normalized spacial score (nSPS) is 18.9. The molecular weight excluding hydrogens is 326 g/mol. The van der Waals surface area contributed by atoms with Crippen LogP contribution in [0.3, 0.4) is 0 Å².